The molecule has 0 fully saturated rings. The first-order chi connectivity index (χ1) is 9.08. The topological polar surface area (TPSA) is 52.6 Å². The van der Waals surface area contributed by atoms with Gasteiger partial charge in [0.15, 0.2) is 0 Å². The van der Waals surface area contributed by atoms with Crippen LogP contribution >= 0.6 is 0 Å². The van der Waals surface area contributed by atoms with Crippen LogP contribution in [0.2, 0.25) is 0 Å². The maximum absolute atomic E-state index is 12.1. The Kier molecular flexibility index (Phi) is 5.92. The van der Waals surface area contributed by atoms with Gasteiger partial charge >= 0.3 is 12.6 Å². The molecule has 19 heavy (non-hydrogen) atoms. The normalized spacial score (nSPS) is 10.3. The van der Waals surface area contributed by atoms with Crippen LogP contribution < -0.4 is 4.74 Å². The Balaban J connectivity index is 3.02. The molecule has 1 aromatic carbocycles. The number of carbonyl (C=O) groups excluding carboxylic acids is 2. The van der Waals surface area contributed by atoms with Gasteiger partial charge in [-0.3, -0.25) is 0 Å². The molecule has 0 radical (unpaired) electrons. The number of halogens is 2. The van der Waals surface area contributed by atoms with Crippen LogP contribution in [0.5, 0.6) is 5.75 Å². The van der Waals surface area contributed by atoms with Gasteiger partial charge in [-0.1, -0.05) is 6.07 Å². The zero-order valence-corrected chi connectivity index (χ0v) is 10.4. The third-order valence-corrected chi connectivity index (χ3v) is 2.33. The summed E-state index contributed by atoms with van der Waals surface area (Å²) >= 11 is 0. The first-order valence-corrected chi connectivity index (χ1v) is 5.77. The molecule has 0 bridgehead atoms. The largest absolute Gasteiger partial charge is 0.462 e. The first kappa shape index (κ1) is 15.1. The molecule has 0 unspecified atom stereocenters. The lowest BCUT2D eigenvalue weighted by Gasteiger charge is -2.11. The maximum Gasteiger partial charge on any atom is 0.387 e. The van der Waals surface area contributed by atoms with E-state index in [4.69, 9.17) is 4.74 Å². The van der Waals surface area contributed by atoms with Gasteiger partial charge in [-0.25, -0.2) is 4.79 Å². The van der Waals surface area contributed by atoms with E-state index in [0.29, 0.717) is 12.0 Å². The molecule has 0 heterocycles. The molecule has 104 valence electrons. The summed E-state index contributed by atoms with van der Waals surface area (Å²) < 4.78 is 33.3. The van der Waals surface area contributed by atoms with E-state index in [1.165, 1.54) is 18.2 Å². The molecule has 0 atom stereocenters. The Hall–Kier alpha value is -1.98. The van der Waals surface area contributed by atoms with Crippen LogP contribution in [0.1, 0.15) is 29.3 Å². The summed E-state index contributed by atoms with van der Waals surface area (Å²) in [4.78, 5) is 22.1. The zero-order chi connectivity index (χ0) is 14.3. The number of esters is 1. The molecule has 0 spiro atoms. The summed E-state index contributed by atoms with van der Waals surface area (Å²) in [5.74, 6) is -0.740. The number of carbonyl (C=O) groups is 2. The Labute approximate surface area is 109 Å². The van der Waals surface area contributed by atoms with Gasteiger partial charge in [-0.05, 0) is 31.0 Å². The molecule has 0 aliphatic carbocycles. The SMILES string of the molecule is CCOC(=O)c1cc(OC(F)F)ccc1CCC=O. The molecule has 0 amide bonds. The van der Waals surface area contributed by atoms with Crippen LogP contribution in [-0.4, -0.2) is 25.5 Å². The molecule has 0 N–H and O–H groups in total. The molecular formula is C13H14F2O4. The third-order valence-electron chi connectivity index (χ3n) is 2.33. The second-order valence-corrected chi connectivity index (χ2v) is 3.62. The van der Waals surface area contributed by atoms with Crippen LogP contribution in [0.15, 0.2) is 18.2 Å². The number of ether oxygens (including phenoxy) is 2. The highest BCUT2D eigenvalue weighted by molar-refractivity contribution is 5.91. The van der Waals surface area contributed by atoms with Crippen LogP contribution in [0, 0.1) is 0 Å². The molecule has 0 saturated carbocycles. The maximum atomic E-state index is 12.1. The molecule has 1 rings (SSSR count). The van der Waals surface area contributed by atoms with Crippen LogP contribution in [0.4, 0.5) is 8.78 Å². The minimum absolute atomic E-state index is 0.118. The van der Waals surface area contributed by atoms with Crippen molar-refractivity contribution in [2.75, 3.05) is 6.61 Å². The van der Waals surface area contributed by atoms with E-state index in [2.05, 4.69) is 4.74 Å². The molecule has 1 aromatic rings. The fourth-order valence-corrected chi connectivity index (χ4v) is 1.56. The van der Waals surface area contributed by atoms with E-state index in [1.807, 2.05) is 0 Å². The Morgan fingerprint density at radius 3 is 2.74 bits per heavy atom. The van der Waals surface area contributed by atoms with Gasteiger partial charge in [0.25, 0.3) is 0 Å². The predicted molar refractivity (Wildman–Crippen MR) is 63.4 cm³/mol. The van der Waals surface area contributed by atoms with E-state index >= 15 is 0 Å². The van der Waals surface area contributed by atoms with Crippen LogP contribution in [-0.2, 0) is 16.0 Å². The fraction of sp³-hybridized carbons (Fsp3) is 0.385. The third kappa shape index (κ3) is 4.65. The lowest BCUT2D eigenvalue weighted by Crippen LogP contribution is -2.10. The number of aryl methyl sites for hydroxylation is 1. The summed E-state index contributed by atoms with van der Waals surface area (Å²) in [5, 5.41) is 0. The highest BCUT2D eigenvalue weighted by Gasteiger charge is 2.15. The Morgan fingerprint density at radius 2 is 2.16 bits per heavy atom. The lowest BCUT2D eigenvalue weighted by molar-refractivity contribution is -0.107. The van der Waals surface area contributed by atoms with Crippen molar-refractivity contribution in [3.63, 3.8) is 0 Å². The van der Waals surface area contributed by atoms with Crippen LogP contribution in [0.25, 0.3) is 0 Å². The van der Waals surface area contributed by atoms with E-state index in [9.17, 15) is 18.4 Å². The number of rotatable bonds is 7. The minimum Gasteiger partial charge on any atom is -0.462 e. The van der Waals surface area contributed by atoms with Gasteiger partial charge in [0.1, 0.15) is 12.0 Å². The fourth-order valence-electron chi connectivity index (χ4n) is 1.56. The standard InChI is InChI=1S/C13H14F2O4/c1-2-18-12(17)11-8-10(19-13(14)15)6-5-9(11)4-3-7-16/h5-8,13H,2-4H2,1H3. The molecule has 0 saturated heterocycles. The van der Waals surface area contributed by atoms with Gasteiger partial charge in [-0.2, -0.15) is 8.78 Å². The average Bonchev–Trinajstić information content (AvgIpc) is 2.36. The summed E-state index contributed by atoms with van der Waals surface area (Å²) in [7, 11) is 0. The van der Waals surface area contributed by atoms with Crippen molar-refractivity contribution in [1.29, 1.82) is 0 Å². The zero-order valence-electron chi connectivity index (χ0n) is 10.4. The summed E-state index contributed by atoms with van der Waals surface area (Å²) in [6.07, 6.45) is 1.30. The van der Waals surface area contributed by atoms with Crippen molar-refractivity contribution in [2.45, 2.75) is 26.4 Å². The molecule has 4 nitrogen and oxygen atoms in total. The van der Waals surface area contributed by atoms with E-state index < -0.39 is 12.6 Å². The highest BCUT2D eigenvalue weighted by atomic mass is 19.3. The van der Waals surface area contributed by atoms with Gasteiger partial charge in [-0.15, -0.1) is 0 Å². The average molecular weight is 272 g/mol. The molecule has 6 heteroatoms. The van der Waals surface area contributed by atoms with Crippen molar-refractivity contribution in [3.05, 3.63) is 29.3 Å². The molecule has 0 aliphatic rings. The monoisotopic (exact) mass is 272 g/mol. The van der Waals surface area contributed by atoms with Crippen molar-refractivity contribution in [3.8, 4) is 5.75 Å². The van der Waals surface area contributed by atoms with Gasteiger partial charge < -0.3 is 14.3 Å². The predicted octanol–water partition coefficient (Wildman–Crippen LogP) is 2.60. The highest BCUT2D eigenvalue weighted by Crippen LogP contribution is 2.21. The Morgan fingerprint density at radius 1 is 1.42 bits per heavy atom. The number of benzene rings is 1. The summed E-state index contributed by atoms with van der Waals surface area (Å²) in [6.45, 7) is -1.15. The number of alkyl halides is 2. The quantitative estimate of drug-likeness (QED) is 0.565. The number of hydrogen-bond donors (Lipinski definition) is 0. The van der Waals surface area contributed by atoms with Crippen LogP contribution in [0.3, 0.4) is 0 Å². The lowest BCUT2D eigenvalue weighted by atomic mass is 10.0. The van der Waals surface area contributed by atoms with E-state index in [-0.39, 0.29) is 24.3 Å². The van der Waals surface area contributed by atoms with Crippen molar-refractivity contribution in [1.82, 2.24) is 0 Å². The number of hydrogen-bond acceptors (Lipinski definition) is 4. The second kappa shape index (κ2) is 7.45. The van der Waals surface area contributed by atoms with Crippen molar-refractivity contribution < 1.29 is 27.8 Å². The van der Waals surface area contributed by atoms with Gasteiger partial charge in [0, 0.05) is 6.42 Å². The molecule has 0 aliphatic heterocycles. The van der Waals surface area contributed by atoms with Crippen molar-refractivity contribution >= 4 is 12.3 Å². The summed E-state index contributed by atoms with van der Waals surface area (Å²) in [6, 6.07) is 4.01. The second-order valence-electron chi connectivity index (χ2n) is 3.62. The molecular weight excluding hydrogens is 258 g/mol. The van der Waals surface area contributed by atoms with Crippen molar-refractivity contribution in [2.24, 2.45) is 0 Å². The van der Waals surface area contributed by atoms with E-state index in [0.717, 1.165) is 6.29 Å². The smallest absolute Gasteiger partial charge is 0.387 e. The first-order valence-electron chi connectivity index (χ1n) is 5.77. The van der Waals surface area contributed by atoms with Gasteiger partial charge in [0.2, 0.25) is 0 Å². The minimum atomic E-state index is -2.96. The molecule has 0 aromatic heterocycles. The summed E-state index contributed by atoms with van der Waals surface area (Å²) in [5.41, 5.74) is 0.703. The number of aldehydes is 1. The van der Waals surface area contributed by atoms with Gasteiger partial charge in [0.05, 0.1) is 12.2 Å². The Bertz CT molecular complexity index is 446. The van der Waals surface area contributed by atoms with E-state index in [1.54, 1.807) is 6.92 Å².